The first-order valence-electron chi connectivity index (χ1n) is 8.67. The number of hydrogen-bond donors (Lipinski definition) is 0. The van der Waals surface area contributed by atoms with E-state index in [0.717, 1.165) is 30.5 Å². The molecule has 0 aliphatic heterocycles. The van der Waals surface area contributed by atoms with Crippen LogP contribution in [0.1, 0.15) is 46.1 Å². The summed E-state index contributed by atoms with van der Waals surface area (Å²) >= 11 is 0. The van der Waals surface area contributed by atoms with Gasteiger partial charge in [-0.3, -0.25) is 4.79 Å². The van der Waals surface area contributed by atoms with Crippen LogP contribution in [-0.4, -0.2) is 18.4 Å². The van der Waals surface area contributed by atoms with E-state index < -0.39 is 50.8 Å². The van der Waals surface area contributed by atoms with Crippen LogP contribution in [0.15, 0.2) is 41.0 Å². The molecule has 0 fully saturated rings. The molecule has 0 aliphatic rings. The lowest BCUT2D eigenvalue weighted by atomic mass is 10.1. The first-order chi connectivity index (χ1) is 14.0. The van der Waals surface area contributed by atoms with Crippen LogP contribution in [-0.2, 0) is 10.9 Å². The van der Waals surface area contributed by atoms with E-state index in [0.29, 0.717) is 0 Å². The van der Waals surface area contributed by atoms with Gasteiger partial charge in [0, 0.05) is 12.1 Å². The summed E-state index contributed by atoms with van der Waals surface area (Å²) in [4.78, 5) is 24.7. The second kappa shape index (κ2) is 7.65. The summed E-state index contributed by atoms with van der Waals surface area (Å²) in [6.45, 7) is 3.67. The number of carbonyl (C=O) groups is 2. The first kappa shape index (κ1) is 21.1. The van der Waals surface area contributed by atoms with Crippen molar-refractivity contribution in [3.8, 4) is 0 Å². The highest BCUT2D eigenvalue weighted by atomic mass is 19.4. The van der Waals surface area contributed by atoms with Gasteiger partial charge >= 0.3 is 23.5 Å². The molecule has 0 unspecified atom stereocenters. The third-order valence-electron chi connectivity index (χ3n) is 4.06. The van der Waals surface area contributed by atoms with Gasteiger partial charge in [-0.25, -0.2) is 4.79 Å². The lowest BCUT2D eigenvalue weighted by molar-refractivity contribution is -0.647. The van der Waals surface area contributed by atoms with E-state index in [1.54, 1.807) is 13.8 Å². The molecular weight excluding hydrogens is 409 g/mol. The summed E-state index contributed by atoms with van der Waals surface area (Å²) in [7, 11) is 0. The van der Waals surface area contributed by atoms with Crippen LogP contribution in [0.5, 0.6) is 0 Å². The number of hydrogen-bond acceptors (Lipinski definition) is 6. The standard InChI is InChI=1S/C19H15F3N2O6/c1-10(2)9-30-18(26)11-5-6-12-13(8-11)23(27)15(16(25)14-4-3-7-29-14)17(24(12)28)19(20,21)22/h3-8,10H,9H2,1-2H3. The maximum atomic E-state index is 13.6. The van der Waals surface area contributed by atoms with Gasteiger partial charge in [-0.2, -0.15) is 17.9 Å². The highest BCUT2D eigenvalue weighted by Gasteiger charge is 2.51. The number of fused-ring (bicyclic) bond motifs is 1. The molecule has 2 heterocycles. The highest BCUT2D eigenvalue weighted by molar-refractivity contribution is 6.05. The van der Waals surface area contributed by atoms with Crippen molar-refractivity contribution in [1.82, 2.24) is 0 Å². The lowest BCUT2D eigenvalue weighted by Gasteiger charge is -2.14. The van der Waals surface area contributed by atoms with Crippen molar-refractivity contribution in [2.24, 2.45) is 5.92 Å². The maximum Gasteiger partial charge on any atom is 0.486 e. The van der Waals surface area contributed by atoms with Gasteiger partial charge in [0.25, 0.3) is 16.8 Å². The van der Waals surface area contributed by atoms with E-state index in [4.69, 9.17) is 9.15 Å². The number of alkyl halides is 3. The first-order valence-corrected chi connectivity index (χ1v) is 8.67. The van der Waals surface area contributed by atoms with Gasteiger partial charge in [0.15, 0.2) is 5.76 Å². The molecule has 8 nitrogen and oxygen atoms in total. The number of halogens is 3. The van der Waals surface area contributed by atoms with Gasteiger partial charge in [-0.05, 0) is 24.1 Å². The Bertz CT molecular complexity index is 1120. The SMILES string of the molecule is CC(C)COC(=O)c1ccc2c(c1)[n+]([O-])c(C(=O)c1ccco1)c(C(F)(F)F)[n+]2[O-]. The van der Waals surface area contributed by atoms with E-state index in [1.165, 1.54) is 6.07 Å². The van der Waals surface area contributed by atoms with Gasteiger partial charge in [-0.15, -0.1) is 4.73 Å². The Hall–Kier alpha value is -3.63. The largest absolute Gasteiger partial charge is 0.618 e. The van der Waals surface area contributed by atoms with Crippen LogP contribution in [0.25, 0.3) is 11.0 Å². The molecule has 0 atom stereocenters. The van der Waals surface area contributed by atoms with Gasteiger partial charge in [-0.1, -0.05) is 13.8 Å². The number of benzene rings is 1. The molecule has 0 aliphatic carbocycles. The highest BCUT2D eigenvalue weighted by Crippen LogP contribution is 2.30. The Balaban J connectivity index is 2.25. The molecule has 0 bridgehead atoms. The van der Waals surface area contributed by atoms with Crippen molar-refractivity contribution in [3.05, 3.63) is 69.7 Å². The van der Waals surface area contributed by atoms with Crippen molar-refractivity contribution in [1.29, 1.82) is 0 Å². The van der Waals surface area contributed by atoms with E-state index >= 15 is 0 Å². The minimum Gasteiger partial charge on any atom is -0.618 e. The Morgan fingerprint density at radius 1 is 1.13 bits per heavy atom. The summed E-state index contributed by atoms with van der Waals surface area (Å²) < 4.78 is 49.7. The Morgan fingerprint density at radius 3 is 2.40 bits per heavy atom. The fourth-order valence-electron chi connectivity index (χ4n) is 2.72. The molecular formula is C19H15F3N2O6. The average molecular weight is 424 g/mol. The van der Waals surface area contributed by atoms with Crippen molar-refractivity contribution >= 4 is 22.8 Å². The number of esters is 1. The van der Waals surface area contributed by atoms with Crippen LogP contribution in [0.4, 0.5) is 13.2 Å². The van der Waals surface area contributed by atoms with Crippen molar-refractivity contribution < 1.29 is 41.4 Å². The molecule has 0 saturated carbocycles. The Morgan fingerprint density at radius 2 is 1.83 bits per heavy atom. The van der Waals surface area contributed by atoms with Crippen molar-refractivity contribution in [2.45, 2.75) is 20.0 Å². The number of furan rings is 1. The molecule has 3 aromatic rings. The van der Waals surface area contributed by atoms with Crippen LogP contribution < -0.4 is 9.46 Å². The number of carbonyl (C=O) groups excluding carboxylic acids is 2. The molecule has 2 aromatic heterocycles. The monoisotopic (exact) mass is 424 g/mol. The summed E-state index contributed by atoms with van der Waals surface area (Å²) in [5, 5.41) is 25.2. The van der Waals surface area contributed by atoms with Gasteiger partial charge in [0.2, 0.25) is 0 Å². The van der Waals surface area contributed by atoms with Crippen LogP contribution in [0.2, 0.25) is 0 Å². The summed E-state index contributed by atoms with van der Waals surface area (Å²) in [6.07, 6.45) is -4.28. The number of ether oxygens (including phenoxy) is 1. The van der Waals surface area contributed by atoms with Crippen LogP contribution in [0.3, 0.4) is 0 Å². The predicted octanol–water partition coefficient (Wildman–Crippen LogP) is 2.76. The van der Waals surface area contributed by atoms with Gasteiger partial charge in [0.1, 0.15) is 0 Å². The fraction of sp³-hybridized carbons (Fsp3) is 0.263. The van der Waals surface area contributed by atoms with Crippen molar-refractivity contribution in [3.63, 3.8) is 0 Å². The third-order valence-corrected chi connectivity index (χ3v) is 4.06. The fourth-order valence-corrected chi connectivity index (χ4v) is 2.72. The van der Waals surface area contributed by atoms with Gasteiger partial charge in [0.05, 0.1) is 18.4 Å². The molecule has 30 heavy (non-hydrogen) atoms. The van der Waals surface area contributed by atoms with E-state index in [1.807, 2.05) is 0 Å². The zero-order chi connectivity index (χ0) is 22.2. The minimum absolute atomic E-state index is 0.0227. The molecule has 0 spiro atoms. The zero-order valence-electron chi connectivity index (χ0n) is 15.7. The summed E-state index contributed by atoms with van der Waals surface area (Å²) in [5.74, 6) is -2.80. The van der Waals surface area contributed by atoms with Crippen LogP contribution >= 0.6 is 0 Å². The van der Waals surface area contributed by atoms with E-state index in [9.17, 15) is 33.2 Å². The summed E-state index contributed by atoms with van der Waals surface area (Å²) in [5.41, 5.74) is -4.89. The maximum absolute atomic E-state index is 13.6. The number of nitrogens with zero attached hydrogens (tertiary/aromatic N) is 2. The van der Waals surface area contributed by atoms with Crippen LogP contribution in [0, 0.1) is 16.3 Å². The second-order valence-electron chi connectivity index (χ2n) is 6.79. The lowest BCUT2D eigenvalue weighted by Crippen LogP contribution is -2.50. The van der Waals surface area contributed by atoms with E-state index in [2.05, 4.69) is 0 Å². The summed E-state index contributed by atoms with van der Waals surface area (Å²) in [6, 6.07) is 5.15. The number of ketones is 1. The molecule has 0 amide bonds. The topological polar surface area (TPSA) is 110 Å². The molecule has 11 heteroatoms. The minimum atomic E-state index is -5.31. The molecule has 0 saturated heterocycles. The Kier molecular flexibility index (Phi) is 5.38. The molecule has 1 aromatic carbocycles. The van der Waals surface area contributed by atoms with Crippen molar-refractivity contribution in [2.75, 3.05) is 6.61 Å². The normalized spacial score (nSPS) is 11.8. The quantitative estimate of drug-likeness (QED) is 0.270. The smallest absolute Gasteiger partial charge is 0.486 e. The molecule has 158 valence electrons. The van der Waals surface area contributed by atoms with Gasteiger partial charge < -0.3 is 19.6 Å². The molecule has 0 radical (unpaired) electrons. The Labute approximate surface area is 167 Å². The zero-order valence-corrected chi connectivity index (χ0v) is 15.7. The second-order valence-corrected chi connectivity index (χ2v) is 6.79. The third kappa shape index (κ3) is 3.78. The predicted molar refractivity (Wildman–Crippen MR) is 94.1 cm³/mol. The molecule has 3 rings (SSSR count). The molecule has 0 N–H and O–H groups in total. The average Bonchev–Trinajstić information content (AvgIpc) is 3.21. The number of aromatic nitrogens is 2. The van der Waals surface area contributed by atoms with E-state index in [-0.39, 0.29) is 22.8 Å². The number of rotatable bonds is 5.